The van der Waals surface area contributed by atoms with E-state index in [9.17, 15) is 18.5 Å². The molecule has 1 aromatic rings. The molecule has 1 fully saturated rings. The summed E-state index contributed by atoms with van der Waals surface area (Å²) in [6, 6.07) is 3.97. The third kappa shape index (κ3) is 3.47. The van der Waals surface area contributed by atoms with Gasteiger partial charge in [-0.2, -0.15) is 0 Å². The van der Waals surface area contributed by atoms with E-state index < -0.39 is 20.2 Å². The second-order valence-electron chi connectivity index (χ2n) is 4.54. The molecule has 0 amide bonds. The molecule has 9 heteroatoms. The van der Waals surface area contributed by atoms with Gasteiger partial charge in [0.05, 0.1) is 15.9 Å². The molecule has 7 nitrogen and oxygen atoms in total. The Kier molecular flexibility index (Phi) is 4.61. The highest BCUT2D eigenvalue weighted by molar-refractivity contribution is 9.10. The van der Waals surface area contributed by atoms with E-state index >= 15 is 0 Å². The number of nitrogens with zero attached hydrogens (tertiary/aromatic N) is 1. The third-order valence-electron chi connectivity index (χ3n) is 3.10. The Bertz CT molecular complexity index is 614. The predicted molar refractivity (Wildman–Crippen MR) is 79.2 cm³/mol. The predicted octanol–water partition coefficient (Wildman–Crippen LogP) is 1.85. The van der Waals surface area contributed by atoms with Crippen LogP contribution in [0.4, 0.5) is 11.4 Å². The smallest absolute Gasteiger partial charge is 0.271 e. The Labute approximate surface area is 125 Å². The van der Waals surface area contributed by atoms with E-state index in [0.29, 0.717) is 17.4 Å². The number of hydrogen-bond donors (Lipinski definition) is 2. The lowest BCUT2D eigenvalue weighted by molar-refractivity contribution is -0.384. The van der Waals surface area contributed by atoms with E-state index in [2.05, 4.69) is 26.0 Å². The molecule has 1 aromatic carbocycles. The number of halogens is 1. The molecule has 1 atom stereocenters. The van der Waals surface area contributed by atoms with Crippen LogP contribution in [0, 0.1) is 10.1 Å². The summed E-state index contributed by atoms with van der Waals surface area (Å²) in [5, 5.41) is 13.2. The van der Waals surface area contributed by atoms with E-state index in [1.807, 2.05) is 0 Å². The van der Waals surface area contributed by atoms with Crippen LogP contribution in [-0.2, 0) is 10.0 Å². The van der Waals surface area contributed by atoms with Crippen LogP contribution in [0.2, 0.25) is 0 Å². The van der Waals surface area contributed by atoms with Gasteiger partial charge in [0.15, 0.2) is 0 Å². The van der Waals surface area contributed by atoms with Crippen molar-refractivity contribution in [3.8, 4) is 0 Å². The molecule has 110 valence electrons. The van der Waals surface area contributed by atoms with Gasteiger partial charge in [-0.3, -0.25) is 14.8 Å². The number of hydrogen-bond acceptors (Lipinski definition) is 5. The zero-order valence-corrected chi connectivity index (χ0v) is 12.9. The van der Waals surface area contributed by atoms with Crippen LogP contribution in [0.1, 0.15) is 12.8 Å². The van der Waals surface area contributed by atoms with Crippen LogP contribution in [0.25, 0.3) is 0 Å². The van der Waals surface area contributed by atoms with Crippen molar-refractivity contribution < 1.29 is 13.3 Å². The molecular weight excluding hydrogens is 350 g/mol. The molecule has 0 radical (unpaired) electrons. The monoisotopic (exact) mass is 363 g/mol. The van der Waals surface area contributed by atoms with Crippen molar-refractivity contribution in [2.24, 2.45) is 0 Å². The van der Waals surface area contributed by atoms with Crippen molar-refractivity contribution in [3.05, 3.63) is 32.8 Å². The van der Waals surface area contributed by atoms with Gasteiger partial charge < -0.3 is 5.32 Å². The van der Waals surface area contributed by atoms with Gasteiger partial charge >= 0.3 is 0 Å². The van der Waals surface area contributed by atoms with Gasteiger partial charge in [0.25, 0.3) is 5.69 Å². The second kappa shape index (κ2) is 6.06. The first-order chi connectivity index (χ1) is 9.40. The molecule has 0 aliphatic carbocycles. The maximum atomic E-state index is 12.2. The van der Waals surface area contributed by atoms with Crippen molar-refractivity contribution in [2.75, 3.05) is 17.8 Å². The Hall–Kier alpha value is -1.19. The largest absolute Gasteiger partial charge is 0.315 e. The minimum atomic E-state index is -3.57. The highest BCUT2D eigenvalue weighted by Crippen LogP contribution is 2.29. The number of sulfonamides is 1. The van der Waals surface area contributed by atoms with Crippen LogP contribution < -0.4 is 10.0 Å². The van der Waals surface area contributed by atoms with Crippen molar-refractivity contribution in [3.63, 3.8) is 0 Å². The molecule has 0 spiro atoms. The molecule has 1 heterocycles. The summed E-state index contributed by atoms with van der Waals surface area (Å²) in [6.07, 6.45) is 1.37. The van der Waals surface area contributed by atoms with Crippen LogP contribution >= 0.6 is 15.9 Å². The van der Waals surface area contributed by atoms with E-state index in [0.717, 1.165) is 13.0 Å². The van der Waals surface area contributed by atoms with Gasteiger partial charge in [0.2, 0.25) is 10.0 Å². The maximum absolute atomic E-state index is 12.2. The Morgan fingerprint density at radius 2 is 2.20 bits per heavy atom. The summed E-state index contributed by atoms with van der Waals surface area (Å²) in [5.74, 6) is 0. The Morgan fingerprint density at radius 1 is 1.45 bits per heavy atom. The van der Waals surface area contributed by atoms with E-state index in [-0.39, 0.29) is 11.4 Å². The highest BCUT2D eigenvalue weighted by Gasteiger charge is 2.28. The van der Waals surface area contributed by atoms with Crippen LogP contribution in [0.5, 0.6) is 0 Å². The number of rotatable bonds is 4. The molecule has 1 saturated heterocycles. The average Bonchev–Trinajstić information content (AvgIpc) is 2.42. The summed E-state index contributed by atoms with van der Waals surface area (Å²) in [4.78, 5) is 10.2. The van der Waals surface area contributed by atoms with Gasteiger partial charge in [-0.25, -0.2) is 8.42 Å². The van der Waals surface area contributed by atoms with Gasteiger partial charge in [-0.1, -0.05) is 0 Å². The number of nitro groups is 1. The van der Waals surface area contributed by atoms with Crippen molar-refractivity contribution in [2.45, 2.75) is 18.1 Å². The van der Waals surface area contributed by atoms with Crippen LogP contribution in [0.15, 0.2) is 22.7 Å². The van der Waals surface area contributed by atoms with Gasteiger partial charge in [0.1, 0.15) is 0 Å². The fourth-order valence-corrected chi connectivity index (χ4v) is 3.96. The first kappa shape index (κ1) is 15.2. The summed E-state index contributed by atoms with van der Waals surface area (Å²) in [5.41, 5.74) is 0.0254. The fraction of sp³-hybridized carbons (Fsp3) is 0.455. The maximum Gasteiger partial charge on any atom is 0.271 e. The van der Waals surface area contributed by atoms with Gasteiger partial charge in [-0.15, -0.1) is 0 Å². The number of nitrogens with one attached hydrogen (secondary N) is 2. The first-order valence-corrected chi connectivity index (χ1v) is 8.40. The molecule has 2 rings (SSSR count). The number of anilines is 1. The Morgan fingerprint density at radius 3 is 2.80 bits per heavy atom. The molecule has 0 bridgehead atoms. The van der Waals surface area contributed by atoms with Crippen molar-refractivity contribution >= 4 is 37.3 Å². The van der Waals surface area contributed by atoms with E-state index in [1.54, 1.807) is 0 Å². The first-order valence-electron chi connectivity index (χ1n) is 6.06. The number of non-ortho nitro benzene ring substituents is 1. The lowest BCUT2D eigenvalue weighted by Gasteiger charge is -2.23. The normalized spacial score (nSPS) is 19.6. The summed E-state index contributed by atoms with van der Waals surface area (Å²) < 4.78 is 27.4. The second-order valence-corrected chi connectivity index (χ2v) is 7.35. The van der Waals surface area contributed by atoms with Gasteiger partial charge in [0, 0.05) is 23.2 Å². The topological polar surface area (TPSA) is 101 Å². The zero-order chi connectivity index (χ0) is 14.8. The molecule has 1 aliphatic rings. The third-order valence-corrected chi connectivity index (χ3v) is 5.58. The summed E-state index contributed by atoms with van der Waals surface area (Å²) in [7, 11) is -3.57. The molecule has 0 aromatic heterocycles. The Balaban J connectivity index is 2.24. The SMILES string of the molecule is O=[N+]([O-])c1ccc(Br)c(NS(=O)(=O)C2CCCNC2)c1. The molecule has 1 unspecified atom stereocenters. The highest BCUT2D eigenvalue weighted by atomic mass is 79.9. The number of piperidine rings is 1. The number of benzene rings is 1. The quantitative estimate of drug-likeness (QED) is 0.627. The van der Waals surface area contributed by atoms with Crippen LogP contribution in [-0.4, -0.2) is 31.7 Å². The molecule has 2 N–H and O–H groups in total. The molecule has 20 heavy (non-hydrogen) atoms. The van der Waals surface area contributed by atoms with E-state index in [1.165, 1.54) is 18.2 Å². The van der Waals surface area contributed by atoms with Gasteiger partial charge in [-0.05, 0) is 41.4 Å². The lowest BCUT2D eigenvalue weighted by Crippen LogP contribution is -2.41. The van der Waals surface area contributed by atoms with Crippen molar-refractivity contribution in [1.82, 2.24) is 5.32 Å². The standard InChI is InChI=1S/C11H14BrN3O4S/c12-10-4-3-8(15(16)17)6-11(10)14-20(18,19)9-2-1-5-13-7-9/h3-4,6,9,13-14H,1-2,5,7H2. The van der Waals surface area contributed by atoms with Crippen molar-refractivity contribution in [1.29, 1.82) is 0 Å². The zero-order valence-electron chi connectivity index (χ0n) is 10.5. The fourth-order valence-electron chi connectivity index (χ4n) is 2.03. The molecule has 1 aliphatic heterocycles. The van der Waals surface area contributed by atoms with E-state index in [4.69, 9.17) is 0 Å². The average molecular weight is 364 g/mol. The minimum Gasteiger partial charge on any atom is -0.315 e. The number of nitro benzene ring substituents is 1. The van der Waals surface area contributed by atoms with Crippen LogP contribution in [0.3, 0.4) is 0 Å². The molecular formula is C11H14BrN3O4S. The summed E-state index contributed by atoms with van der Waals surface area (Å²) >= 11 is 3.19. The molecule has 0 saturated carbocycles. The minimum absolute atomic E-state index is 0.160. The summed E-state index contributed by atoms with van der Waals surface area (Å²) in [6.45, 7) is 1.20. The lowest BCUT2D eigenvalue weighted by atomic mass is 10.2.